The third-order valence-corrected chi connectivity index (χ3v) is 6.19. The van der Waals surface area contributed by atoms with Crippen LogP contribution in [0, 0.1) is 0 Å². The molecule has 1 N–H and O–H groups in total. The molecule has 0 atom stereocenters. The first-order chi connectivity index (χ1) is 15.0. The zero-order valence-corrected chi connectivity index (χ0v) is 19.0. The summed E-state index contributed by atoms with van der Waals surface area (Å²) in [5.74, 6) is -0.0963. The van der Waals surface area contributed by atoms with Gasteiger partial charge in [-0.1, -0.05) is 56.3 Å². The quantitative estimate of drug-likeness (QED) is 0.392. The molecule has 2 aromatic carbocycles. The van der Waals surface area contributed by atoms with Gasteiger partial charge in [-0.15, -0.1) is 0 Å². The van der Waals surface area contributed by atoms with E-state index in [0.29, 0.717) is 28.6 Å². The van der Waals surface area contributed by atoms with Crippen LogP contribution in [-0.4, -0.2) is 25.6 Å². The third-order valence-electron chi connectivity index (χ3n) is 5.94. The number of nitrogens with one attached hydrogen (secondary N) is 1. The molecule has 0 heterocycles. The van der Waals surface area contributed by atoms with Crippen molar-refractivity contribution in [3.63, 3.8) is 0 Å². The number of ether oxygens (including phenoxy) is 2. The van der Waals surface area contributed by atoms with Crippen molar-refractivity contribution in [2.24, 2.45) is 0 Å². The summed E-state index contributed by atoms with van der Waals surface area (Å²) in [6, 6.07) is 12.7. The molecule has 1 aliphatic rings. The Balaban J connectivity index is 1.87. The second-order valence-electron chi connectivity index (χ2n) is 8.01. The van der Waals surface area contributed by atoms with Gasteiger partial charge in [-0.05, 0) is 55.2 Å². The van der Waals surface area contributed by atoms with Crippen molar-refractivity contribution < 1.29 is 19.1 Å². The summed E-state index contributed by atoms with van der Waals surface area (Å²) in [4.78, 5) is 25.8. The van der Waals surface area contributed by atoms with Crippen molar-refractivity contribution in [3.05, 3.63) is 58.6 Å². The highest BCUT2D eigenvalue weighted by Crippen LogP contribution is 2.41. The molecule has 166 valence electrons. The number of carbonyl (C=O) groups excluding carboxylic acids is 2. The van der Waals surface area contributed by atoms with Crippen LogP contribution < -0.4 is 10.1 Å². The molecule has 5 nitrogen and oxygen atoms in total. The van der Waals surface area contributed by atoms with Gasteiger partial charge in [0.1, 0.15) is 11.3 Å². The second kappa shape index (κ2) is 10.7. The first-order valence-electron chi connectivity index (χ1n) is 10.9. The lowest BCUT2D eigenvalue weighted by Crippen LogP contribution is -2.42. The molecule has 2 aromatic rings. The van der Waals surface area contributed by atoms with Crippen LogP contribution >= 0.6 is 11.6 Å². The molecule has 3 rings (SSSR count). The molecule has 31 heavy (non-hydrogen) atoms. The van der Waals surface area contributed by atoms with Crippen molar-refractivity contribution in [2.45, 2.75) is 57.3 Å². The van der Waals surface area contributed by atoms with Crippen LogP contribution in [0.2, 0.25) is 5.02 Å². The minimum absolute atomic E-state index is 0.0648. The zero-order valence-electron chi connectivity index (χ0n) is 18.2. The number of unbranched alkanes of at least 4 members (excludes halogenated alkanes) is 1. The van der Waals surface area contributed by atoms with Gasteiger partial charge in [-0.3, -0.25) is 4.79 Å². The average Bonchev–Trinajstić information content (AvgIpc) is 2.80. The van der Waals surface area contributed by atoms with Crippen molar-refractivity contribution in [2.75, 3.05) is 19.0 Å². The summed E-state index contributed by atoms with van der Waals surface area (Å²) in [5.41, 5.74) is 1.22. The maximum absolute atomic E-state index is 13.5. The molecule has 0 spiro atoms. The van der Waals surface area contributed by atoms with Gasteiger partial charge in [0, 0.05) is 10.7 Å². The highest BCUT2D eigenvalue weighted by molar-refractivity contribution is 6.30. The predicted octanol–water partition coefficient (Wildman–Crippen LogP) is 6.15. The van der Waals surface area contributed by atoms with Crippen LogP contribution in [0.15, 0.2) is 42.5 Å². The SMILES string of the molecule is CCCCOc1ccc(NC(=O)C2(c3ccc(Cl)cc3)CCCCC2)cc1C(=O)OC. The first kappa shape index (κ1) is 23.1. The molecule has 0 saturated heterocycles. The molecule has 0 bridgehead atoms. The summed E-state index contributed by atoms with van der Waals surface area (Å²) in [5, 5.41) is 3.69. The average molecular weight is 444 g/mol. The molecule has 1 saturated carbocycles. The van der Waals surface area contributed by atoms with Crippen molar-refractivity contribution in [1.29, 1.82) is 0 Å². The lowest BCUT2D eigenvalue weighted by molar-refractivity contribution is -0.122. The molecule has 1 fully saturated rings. The van der Waals surface area contributed by atoms with Crippen molar-refractivity contribution in [1.82, 2.24) is 0 Å². The number of rotatable bonds is 8. The number of benzene rings is 2. The molecule has 0 aliphatic heterocycles. The van der Waals surface area contributed by atoms with Gasteiger partial charge in [0.25, 0.3) is 0 Å². The number of hydrogen-bond acceptors (Lipinski definition) is 4. The Morgan fingerprint density at radius 1 is 1.06 bits per heavy atom. The number of hydrogen-bond donors (Lipinski definition) is 1. The third kappa shape index (κ3) is 5.40. The fourth-order valence-corrected chi connectivity index (χ4v) is 4.28. The Morgan fingerprint density at radius 3 is 2.42 bits per heavy atom. The zero-order chi connectivity index (χ0) is 22.3. The number of methoxy groups -OCH3 is 1. The lowest BCUT2D eigenvalue weighted by atomic mass is 9.68. The standard InChI is InChI=1S/C25H30ClNO4/c1-3-4-16-31-22-13-12-20(17-21(22)23(28)30-2)27-24(29)25(14-6-5-7-15-25)18-8-10-19(26)11-9-18/h8-13,17H,3-7,14-16H2,1-2H3,(H,27,29). The van der Waals surface area contributed by atoms with E-state index in [1.807, 2.05) is 24.3 Å². The van der Waals surface area contributed by atoms with Crippen LogP contribution in [-0.2, 0) is 14.9 Å². The van der Waals surface area contributed by atoms with E-state index in [1.54, 1.807) is 18.2 Å². The molecule has 0 radical (unpaired) electrons. The summed E-state index contributed by atoms with van der Waals surface area (Å²) >= 11 is 6.07. The molecule has 1 aliphatic carbocycles. The normalized spacial score (nSPS) is 15.2. The van der Waals surface area contributed by atoms with E-state index in [4.69, 9.17) is 21.1 Å². The van der Waals surface area contributed by atoms with E-state index >= 15 is 0 Å². The fourth-order valence-electron chi connectivity index (χ4n) is 4.15. The highest BCUT2D eigenvalue weighted by Gasteiger charge is 2.41. The summed E-state index contributed by atoms with van der Waals surface area (Å²) in [7, 11) is 1.33. The molecule has 1 amide bonds. The predicted molar refractivity (Wildman–Crippen MR) is 123 cm³/mol. The summed E-state index contributed by atoms with van der Waals surface area (Å²) in [6.45, 7) is 2.59. The Kier molecular flexibility index (Phi) is 7.97. The van der Waals surface area contributed by atoms with Gasteiger partial charge in [-0.25, -0.2) is 4.79 Å². The largest absolute Gasteiger partial charge is 0.493 e. The fraction of sp³-hybridized carbons (Fsp3) is 0.440. The van der Waals surface area contributed by atoms with Gasteiger partial charge < -0.3 is 14.8 Å². The Hall–Kier alpha value is -2.53. The van der Waals surface area contributed by atoms with E-state index in [1.165, 1.54) is 7.11 Å². The van der Waals surface area contributed by atoms with E-state index in [2.05, 4.69) is 12.2 Å². The van der Waals surface area contributed by atoms with Crippen LogP contribution in [0.5, 0.6) is 5.75 Å². The minimum Gasteiger partial charge on any atom is -0.493 e. The van der Waals surface area contributed by atoms with Gasteiger partial charge in [-0.2, -0.15) is 0 Å². The maximum atomic E-state index is 13.5. The molecular formula is C25H30ClNO4. The van der Waals surface area contributed by atoms with Crippen LogP contribution in [0.3, 0.4) is 0 Å². The summed E-state index contributed by atoms with van der Waals surface area (Å²) < 4.78 is 10.7. The molecule has 6 heteroatoms. The second-order valence-corrected chi connectivity index (χ2v) is 8.44. The monoisotopic (exact) mass is 443 g/mol. The number of carbonyl (C=O) groups is 2. The molecular weight excluding hydrogens is 414 g/mol. The van der Waals surface area contributed by atoms with Gasteiger partial charge in [0.2, 0.25) is 5.91 Å². The number of halogens is 1. The number of esters is 1. The van der Waals surface area contributed by atoms with Crippen molar-refractivity contribution in [3.8, 4) is 5.75 Å². The topological polar surface area (TPSA) is 64.6 Å². The Morgan fingerprint density at radius 2 is 1.77 bits per heavy atom. The maximum Gasteiger partial charge on any atom is 0.341 e. The smallest absolute Gasteiger partial charge is 0.341 e. The minimum atomic E-state index is -0.607. The number of anilines is 1. The first-order valence-corrected chi connectivity index (χ1v) is 11.3. The Bertz CT molecular complexity index is 904. The summed E-state index contributed by atoms with van der Waals surface area (Å²) in [6.07, 6.45) is 6.56. The van der Waals surface area contributed by atoms with Crippen LogP contribution in [0.4, 0.5) is 5.69 Å². The van der Waals surface area contributed by atoms with Crippen LogP contribution in [0.25, 0.3) is 0 Å². The van der Waals surface area contributed by atoms with Gasteiger partial charge in [0.15, 0.2) is 0 Å². The number of amides is 1. The van der Waals surface area contributed by atoms with E-state index in [0.717, 1.165) is 50.5 Å². The van der Waals surface area contributed by atoms with E-state index < -0.39 is 11.4 Å². The van der Waals surface area contributed by atoms with Crippen LogP contribution in [0.1, 0.15) is 67.8 Å². The van der Waals surface area contributed by atoms with E-state index in [9.17, 15) is 9.59 Å². The lowest BCUT2D eigenvalue weighted by Gasteiger charge is -2.36. The van der Waals surface area contributed by atoms with E-state index in [-0.39, 0.29) is 5.91 Å². The van der Waals surface area contributed by atoms with Gasteiger partial charge >= 0.3 is 5.97 Å². The molecule has 0 unspecified atom stereocenters. The highest BCUT2D eigenvalue weighted by atomic mass is 35.5. The van der Waals surface area contributed by atoms with Gasteiger partial charge in [0.05, 0.1) is 19.1 Å². The molecule has 0 aromatic heterocycles. The van der Waals surface area contributed by atoms with Crippen molar-refractivity contribution >= 4 is 29.2 Å². The Labute approximate surface area is 189 Å².